The molecule has 1 amide bonds. The number of hydrogen-bond donors (Lipinski definition) is 1. The highest BCUT2D eigenvalue weighted by Gasteiger charge is 2.21. The van der Waals surface area contributed by atoms with Crippen molar-refractivity contribution >= 4 is 16.8 Å². The number of carbonyl (C=O) groups excluding carboxylic acids is 1. The molecule has 1 aliphatic rings. The minimum absolute atomic E-state index is 0.0661. The fraction of sp³-hybridized carbons (Fsp3) is 0.296. The summed E-state index contributed by atoms with van der Waals surface area (Å²) in [7, 11) is 0. The second-order valence-corrected chi connectivity index (χ2v) is 8.59. The molecule has 3 heterocycles. The number of carbonyl (C=O) groups is 1. The molecule has 0 aliphatic carbocycles. The van der Waals surface area contributed by atoms with E-state index in [0.717, 1.165) is 52.5 Å². The van der Waals surface area contributed by atoms with Crippen LogP contribution >= 0.6 is 0 Å². The molecule has 4 aromatic rings. The number of hydrogen-bond acceptors (Lipinski definition) is 5. The molecule has 0 radical (unpaired) electrons. The molecule has 2 aromatic carbocycles. The van der Waals surface area contributed by atoms with Gasteiger partial charge in [-0.15, -0.1) is 0 Å². The molecule has 1 aliphatic heterocycles. The summed E-state index contributed by atoms with van der Waals surface area (Å²) in [5.74, 6) is 0.588. The molecule has 6 nitrogen and oxygen atoms in total. The predicted octanol–water partition coefficient (Wildman–Crippen LogP) is 5.01. The predicted molar refractivity (Wildman–Crippen MR) is 127 cm³/mol. The lowest BCUT2D eigenvalue weighted by molar-refractivity contribution is 0.0697. The summed E-state index contributed by atoms with van der Waals surface area (Å²) in [5, 5.41) is 4.21. The first kappa shape index (κ1) is 21.3. The van der Waals surface area contributed by atoms with E-state index in [1.165, 1.54) is 5.56 Å². The number of amides is 1. The molecular formula is C27H27N3O3. The number of rotatable bonds is 5. The van der Waals surface area contributed by atoms with Gasteiger partial charge in [0.2, 0.25) is 0 Å². The molecule has 2 aromatic heterocycles. The average Bonchev–Trinajstić information content (AvgIpc) is 3.28. The minimum atomic E-state index is -0.0661. The Labute approximate surface area is 193 Å². The largest absolute Gasteiger partial charge is 0.449 e. The van der Waals surface area contributed by atoms with Crippen LogP contribution in [0.25, 0.3) is 22.2 Å². The second-order valence-electron chi connectivity index (χ2n) is 8.59. The van der Waals surface area contributed by atoms with Gasteiger partial charge in [-0.25, -0.2) is 4.98 Å². The van der Waals surface area contributed by atoms with Crippen molar-refractivity contribution in [3.8, 4) is 11.3 Å². The number of pyridine rings is 1. The van der Waals surface area contributed by atoms with Gasteiger partial charge in [0.05, 0.1) is 11.1 Å². The van der Waals surface area contributed by atoms with E-state index in [9.17, 15) is 4.79 Å². The average molecular weight is 442 g/mol. The summed E-state index contributed by atoms with van der Waals surface area (Å²) in [4.78, 5) is 22.2. The number of oxazole rings is 1. The minimum Gasteiger partial charge on any atom is -0.449 e. The molecule has 0 spiro atoms. The zero-order valence-corrected chi connectivity index (χ0v) is 18.9. The molecule has 5 rings (SSSR count). The number of aromatic nitrogens is 2. The van der Waals surface area contributed by atoms with Crippen molar-refractivity contribution in [3.63, 3.8) is 0 Å². The molecule has 0 saturated carbocycles. The summed E-state index contributed by atoms with van der Waals surface area (Å²) >= 11 is 0. The van der Waals surface area contributed by atoms with Crippen molar-refractivity contribution in [3.05, 3.63) is 83.1 Å². The zero-order chi connectivity index (χ0) is 22.8. The fourth-order valence-corrected chi connectivity index (χ4v) is 4.42. The smallest absolute Gasteiger partial charge is 0.253 e. The van der Waals surface area contributed by atoms with Crippen LogP contribution in [-0.4, -0.2) is 35.1 Å². The lowest BCUT2D eigenvalue weighted by atomic mass is 9.93. The van der Waals surface area contributed by atoms with Crippen LogP contribution in [-0.2, 0) is 11.2 Å². The topological polar surface area (TPSA) is 77.2 Å². The quantitative estimate of drug-likeness (QED) is 0.471. The molecule has 33 heavy (non-hydrogen) atoms. The van der Waals surface area contributed by atoms with Gasteiger partial charge in [-0.1, -0.05) is 30.3 Å². The van der Waals surface area contributed by atoms with E-state index >= 15 is 0 Å². The Kier molecular flexibility index (Phi) is 5.92. The molecule has 1 fully saturated rings. The molecule has 0 atom stereocenters. The molecule has 0 bridgehead atoms. The fourth-order valence-electron chi connectivity index (χ4n) is 4.42. The first-order valence-electron chi connectivity index (χ1n) is 11.4. The maximum Gasteiger partial charge on any atom is 0.253 e. The highest BCUT2D eigenvalue weighted by molar-refractivity contribution is 6.06. The number of fused-ring (bicyclic) bond motifs is 1. The summed E-state index contributed by atoms with van der Waals surface area (Å²) in [6.45, 7) is 5.32. The van der Waals surface area contributed by atoms with Gasteiger partial charge in [-0.2, -0.15) is 0 Å². The molecule has 0 unspecified atom stereocenters. The van der Waals surface area contributed by atoms with Gasteiger partial charge in [0.25, 0.3) is 5.91 Å². The van der Waals surface area contributed by atoms with Gasteiger partial charge >= 0.3 is 0 Å². The zero-order valence-electron chi connectivity index (χ0n) is 18.9. The van der Waals surface area contributed by atoms with Crippen LogP contribution in [0.3, 0.4) is 0 Å². The third-order valence-corrected chi connectivity index (χ3v) is 6.33. The van der Waals surface area contributed by atoms with Crippen LogP contribution in [0.1, 0.15) is 45.8 Å². The van der Waals surface area contributed by atoms with Gasteiger partial charge < -0.3 is 14.5 Å². The van der Waals surface area contributed by atoms with Crippen molar-refractivity contribution in [1.29, 1.82) is 0 Å². The third-order valence-electron chi connectivity index (χ3n) is 6.33. The number of nitrogens with zero attached hydrogens (tertiary/aromatic N) is 2. The van der Waals surface area contributed by atoms with Gasteiger partial charge in [-0.3, -0.25) is 9.78 Å². The monoisotopic (exact) mass is 441 g/mol. The van der Waals surface area contributed by atoms with E-state index in [1.54, 1.807) is 12.5 Å². The molecule has 6 heteroatoms. The van der Waals surface area contributed by atoms with Gasteiger partial charge in [0.15, 0.2) is 5.89 Å². The summed E-state index contributed by atoms with van der Waals surface area (Å²) in [5.41, 5.74) is 6.67. The number of aryl methyl sites for hydroxylation is 2. The third kappa shape index (κ3) is 4.52. The Balaban J connectivity index is 1.45. The van der Waals surface area contributed by atoms with E-state index in [2.05, 4.69) is 46.5 Å². The van der Waals surface area contributed by atoms with Crippen LogP contribution in [0, 0.1) is 13.8 Å². The van der Waals surface area contributed by atoms with E-state index in [0.29, 0.717) is 24.7 Å². The van der Waals surface area contributed by atoms with Crippen LogP contribution in [0.15, 0.2) is 59.3 Å². The van der Waals surface area contributed by atoms with Crippen molar-refractivity contribution in [2.45, 2.75) is 39.2 Å². The highest BCUT2D eigenvalue weighted by Crippen LogP contribution is 2.27. The van der Waals surface area contributed by atoms with E-state index < -0.39 is 0 Å². The molecular weight excluding hydrogens is 414 g/mol. The number of nitrogens with one attached hydrogen (secondary N) is 1. The molecule has 1 N–H and O–H groups in total. The van der Waals surface area contributed by atoms with E-state index in [1.807, 2.05) is 25.1 Å². The number of ether oxygens (including phenoxy) is 1. The Morgan fingerprint density at radius 3 is 2.64 bits per heavy atom. The maximum absolute atomic E-state index is 13.2. The van der Waals surface area contributed by atoms with Crippen LogP contribution in [0.2, 0.25) is 0 Å². The van der Waals surface area contributed by atoms with Crippen LogP contribution in [0.5, 0.6) is 0 Å². The van der Waals surface area contributed by atoms with Crippen LogP contribution in [0.4, 0.5) is 0 Å². The van der Waals surface area contributed by atoms with Crippen molar-refractivity contribution in [1.82, 2.24) is 15.3 Å². The van der Waals surface area contributed by atoms with Gasteiger partial charge in [-0.05, 0) is 55.0 Å². The SMILES string of the molecule is Cc1nc(-c2ccc(Cc3cc(C(=O)NC4CCOCC4)c4ncccc4c3C)cc2)co1. The Hall–Kier alpha value is -3.51. The van der Waals surface area contributed by atoms with Gasteiger partial charge in [0.1, 0.15) is 12.0 Å². The maximum atomic E-state index is 13.2. The first-order chi connectivity index (χ1) is 16.1. The van der Waals surface area contributed by atoms with E-state index in [-0.39, 0.29) is 11.9 Å². The normalized spacial score (nSPS) is 14.5. The summed E-state index contributed by atoms with van der Waals surface area (Å²) < 4.78 is 10.8. The Bertz CT molecular complexity index is 1290. The van der Waals surface area contributed by atoms with Gasteiger partial charge in [0, 0.05) is 43.3 Å². The lowest BCUT2D eigenvalue weighted by Gasteiger charge is -2.23. The lowest BCUT2D eigenvalue weighted by Crippen LogP contribution is -2.39. The molecule has 1 saturated heterocycles. The Morgan fingerprint density at radius 1 is 1.12 bits per heavy atom. The summed E-state index contributed by atoms with van der Waals surface area (Å²) in [6.07, 6.45) is 5.83. The van der Waals surface area contributed by atoms with Crippen molar-refractivity contribution < 1.29 is 13.9 Å². The summed E-state index contributed by atoms with van der Waals surface area (Å²) in [6, 6.07) is 14.4. The van der Waals surface area contributed by atoms with Crippen LogP contribution < -0.4 is 5.32 Å². The van der Waals surface area contributed by atoms with E-state index in [4.69, 9.17) is 9.15 Å². The Morgan fingerprint density at radius 2 is 1.91 bits per heavy atom. The molecule has 168 valence electrons. The number of benzene rings is 2. The standard InChI is InChI=1S/C27H27N3O3/c1-17-21(14-19-5-7-20(8-6-19)25-16-33-18(2)29-25)15-24(26-23(17)4-3-11-28-26)27(31)30-22-9-12-32-13-10-22/h3-8,11,15-16,22H,9-10,12-14H2,1-2H3,(H,30,31). The highest BCUT2D eigenvalue weighted by atomic mass is 16.5. The van der Waals surface area contributed by atoms with Crippen molar-refractivity contribution in [2.24, 2.45) is 0 Å². The first-order valence-corrected chi connectivity index (χ1v) is 11.4. The van der Waals surface area contributed by atoms with Crippen molar-refractivity contribution in [2.75, 3.05) is 13.2 Å². The second kappa shape index (κ2) is 9.16.